The summed E-state index contributed by atoms with van der Waals surface area (Å²) in [7, 11) is 0. The van der Waals surface area contributed by atoms with Crippen molar-refractivity contribution in [2.24, 2.45) is 0 Å². The van der Waals surface area contributed by atoms with E-state index >= 15 is 0 Å². The zero-order valence-electron chi connectivity index (χ0n) is 17.0. The SMILES string of the molecule is Cc1ccc(-n2c(C)nc3nc(N4c5ccccc5C[C@@H]4C)[nH]c(=O)c3c2=S)cc1. The average Bonchev–Trinajstić information content (AvgIpc) is 3.04. The predicted molar refractivity (Wildman–Crippen MR) is 122 cm³/mol. The molecule has 1 aliphatic heterocycles. The summed E-state index contributed by atoms with van der Waals surface area (Å²) in [4.78, 5) is 27.5. The first-order valence-electron chi connectivity index (χ1n) is 9.92. The van der Waals surface area contributed by atoms with Crippen LogP contribution in [-0.4, -0.2) is 25.6 Å². The van der Waals surface area contributed by atoms with E-state index in [1.54, 1.807) is 0 Å². The van der Waals surface area contributed by atoms with E-state index in [-0.39, 0.29) is 11.6 Å². The van der Waals surface area contributed by atoms with Gasteiger partial charge in [-0.1, -0.05) is 48.1 Å². The van der Waals surface area contributed by atoms with E-state index in [9.17, 15) is 4.79 Å². The number of aromatic amines is 1. The Kier molecular flexibility index (Phi) is 4.29. The zero-order valence-corrected chi connectivity index (χ0v) is 17.8. The first-order valence-corrected chi connectivity index (χ1v) is 10.3. The Morgan fingerprint density at radius 1 is 1.07 bits per heavy atom. The minimum Gasteiger partial charge on any atom is -0.309 e. The molecule has 2 aromatic carbocycles. The molecule has 6 nitrogen and oxygen atoms in total. The molecule has 150 valence electrons. The second kappa shape index (κ2) is 6.88. The van der Waals surface area contributed by atoms with E-state index in [0.717, 1.165) is 23.4 Å². The van der Waals surface area contributed by atoms with Gasteiger partial charge in [0.1, 0.15) is 15.9 Å². The Morgan fingerprint density at radius 2 is 1.80 bits per heavy atom. The predicted octanol–water partition coefficient (Wildman–Crippen LogP) is 4.54. The van der Waals surface area contributed by atoms with Gasteiger partial charge >= 0.3 is 0 Å². The van der Waals surface area contributed by atoms with Crippen molar-refractivity contribution in [3.63, 3.8) is 0 Å². The van der Waals surface area contributed by atoms with Gasteiger partial charge in [-0.2, -0.15) is 4.98 Å². The lowest BCUT2D eigenvalue weighted by molar-refractivity contribution is 0.739. The maximum absolute atomic E-state index is 13.1. The molecule has 1 atom stereocenters. The van der Waals surface area contributed by atoms with E-state index in [0.29, 0.717) is 27.4 Å². The molecule has 5 rings (SSSR count). The van der Waals surface area contributed by atoms with Crippen molar-refractivity contribution in [2.75, 3.05) is 4.90 Å². The Bertz CT molecular complexity index is 1400. The van der Waals surface area contributed by atoms with Crippen LogP contribution < -0.4 is 10.5 Å². The highest BCUT2D eigenvalue weighted by atomic mass is 32.1. The fourth-order valence-electron chi connectivity index (χ4n) is 4.19. The van der Waals surface area contributed by atoms with Crippen molar-refractivity contribution in [1.82, 2.24) is 19.5 Å². The third kappa shape index (κ3) is 2.85. The molecular weight excluding hydrogens is 394 g/mol. The highest BCUT2D eigenvalue weighted by Gasteiger charge is 2.29. The lowest BCUT2D eigenvalue weighted by Gasteiger charge is -2.23. The summed E-state index contributed by atoms with van der Waals surface area (Å²) >= 11 is 5.70. The van der Waals surface area contributed by atoms with Crippen LogP contribution in [0.3, 0.4) is 0 Å². The van der Waals surface area contributed by atoms with Gasteiger partial charge in [0.25, 0.3) is 5.56 Å². The lowest BCUT2D eigenvalue weighted by atomic mass is 10.1. The molecule has 0 radical (unpaired) electrons. The summed E-state index contributed by atoms with van der Waals surface area (Å²) in [6.45, 7) is 6.03. The minimum absolute atomic E-state index is 0.188. The molecule has 2 aromatic heterocycles. The van der Waals surface area contributed by atoms with Crippen molar-refractivity contribution in [3.05, 3.63) is 80.5 Å². The van der Waals surface area contributed by atoms with E-state index < -0.39 is 0 Å². The summed E-state index contributed by atoms with van der Waals surface area (Å²) in [6, 6.07) is 16.4. The third-order valence-corrected chi connectivity index (χ3v) is 6.01. The monoisotopic (exact) mass is 415 g/mol. The molecule has 0 saturated heterocycles. The fraction of sp³-hybridized carbons (Fsp3) is 0.217. The van der Waals surface area contributed by atoms with Gasteiger partial charge in [-0.25, -0.2) is 4.98 Å². The molecule has 0 amide bonds. The Morgan fingerprint density at radius 3 is 2.57 bits per heavy atom. The zero-order chi connectivity index (χ0) is 21.0. The van der Waals surface area contributed by atoms with E-state index in [4.69, 9.17) is 17.2 Å². The number of anilines is 2. The van der Waals surface area contributed by atoms with Crippen LogP contribution in [0.2, 0.25) is 0 Å². The van der Waals surface area contributed by atoms with E-state index in [1.165, 1.54) is 5.56 Å². The van der Waals surface area contributed by atoms with Gasteiger partial charge in [-0.3, -0.25) is 14.3 Å². The molecule has 7 heteroatoms. The van der Waals surface area contributed by atoms with Crippen molar-refractivity contribution in [3.8, 4) is 5.69 Å². The summed E-state index contributed by atoms with van der Waals surface area (Å²) in [6.07, 6.45) is 0.902. The van der Waals surface area contributed by atoms with Crippen LogP contribution in [-0.2, 0) is 6.42 Å². The van der Waals surface area contributed by atoms with Gasteiger partial charge in [0, 0.05) is 17.4 Å². The standard InChI is InChI=1S/C23H21N5OS/c1-13-8-10-17(11-9-13)28-15(3)24-20-19(22(28)30)21(29)26-23(25-20)27-14(2)12-16-6-4-5-7-18(16)27/h4-11,14H,12H2,1-3H3,(H,25,26,29)/t14-/m0/s1. The number of hydrogen-bond donors (Lipinski definition) is 1. The van der Waals surface area contributed by atoms with E-state index in [2.05, 4.69) is 33.9 Å². The highest BCUT2D eigenvalue weighted by molar-refractivity contribution is 7.71. The molecule has 1 aliphatic rings. The van der Waals surface area contributed by atoms with Gasteiger partial charge in [-0.15, -0.1) is 0 Å². The number of fused-ring (bicyclic) bond motifs is 2. The molecule has 0 bridgehead atoms. The first kappa shape index (κ1) is 18.7. The van der Waals surface area contributed by atoms with Gasteiger partial charge in [0.05, 0.1) is 0 Å². The second-order valence-electron chi connectivity index (χ2n) is 7.78. The smallest absolute Gasteiger partial charge is 0.264 e. The highest BCUT2D eigenvalue weighted by Crippen LogP contribution is 2.36. The van der Waals surface area contributed by atoms with Crippen LogP contribution in [0.5, 0.6) is 0 Å². The van der Waals surface area contributed by atoms with Crippen molar-refractivity contribution < 1.29 is 0 Å². The van der Waals surface area contributed by atoms with Crippen molar-refractivity contribution >= 4 is 34.9 Å². The number of hydrogen-bond acceptors (Lipinski definition) is 5. The van der Waals surface area contributed by atoms with E-state index in [1.807, 2.05) is 54.8 Å². The van der Waals surface area contributed by atoms with Crippen molar-refractivity contribution in [1.29, 1.82) is 0 Å². The number of nitrogens with one attached hydrogen (secondary N) is 1. The number of rotatable bonds is 2. The molecular formula is C23H21N5OS. The maximum atomic E-state index is 13.1. The molecule has 0 saturated carbocycles. The minimum atomic E-state index is -0.273. The van der Waals surface area contributed by atoms with Crippen LogP contribution in [0.4, 0.5) is 11.6 Å². The van der Waals surface area contributed by atoms with Crippen LogP contribution in [0, 0.1) is 18.5 Å². The number of aromatic nitrogens is 4. The van der Waals surface area contributed by atoms with Gasteiger partial charge in [0.15, 0.2) is 5.65 Å². The Balaban J connectivity index is 1.71. The number of H-pyrrole nitrogens is 1. The molecule has 1 N–H and O–H groups in total. The summed E-state index contributed by atoms with van der Waals surface area (Å²) in [5.41, 5.74) is 4.43. The number of aryl methyl sites for hydroxylation is 2. The number of benzene rings is 2. The maximum Gasteiger partial charge on any atom is 0.264 e. The molecule has 4 aromatic rings. The molecule has 0 spiro atoms. The summed E-state index contributed by atoms with van der Waals surface area (Å²) in [5.74, 6) is 1.19. The summed E-state index contributed by atoms with van der Waals surface area (Å²) in [5, 5.41) is 0.333. The fourth-order valence-corrected chi connectivity index (χ4v) is 4.61. The molecule has 3 heterocycles. The molecule has 0 aliphatic carbocycles. The van der Waals surface area contributed by atoms with Crippen LogP contribution in [0.15, 0.2) is 53.3 Å². The Hall–Kier alpha value is -3.32. The average molecular weight is 416 g/mol. The lowest BCUT2D eigenvalue weighted by Crippen LogP contribution is -2.28. The molecule has 0 unspecified atom stereocenters. The van der Waals surface area contributed by atoms with Gasteiger partial charge in [0.2, 0.25) is 5.95 Å². The number of para-hydroxylation sites is 1. The first-order chi connectivity index (χ1) is 14.4. The number of nitrogens with zero attached hydrogens (tertiary/aromatic N) is 4. The molecule has 30 heavy (non-hydrogen) atoms. The summed E-state index contributed by atoms with van der Waals surface area (Å²) < 4.78 is 2.23. The molecule has 0 fully saturated rings. The van der Waals surface area contributed by atoms with Crippen LogP contribution in [0.1, 0.15) is 23.9 Å². The van der Waals surface area contributed by atoms with Gasteiger partial charge < -0.3 is 4.90 Å². The van der Waals surface area contributed by atoms with Crippen molar-refractivity contribution in [2.45, 2.75) is 33.2 Å². The largest absolute Gasteiger partial charge is 0.309 e. The topological polar surface area (TPSA) is 66.8 Å². The normalized spacial score (nSPS) is 15.6. The Labute approximate surface area is 178 Å². The third-order valence-electron chi connectivity index (χ3n) is 5.62. The van der Waals surface area contributed by atoms with Crippen LogP contribution in [0.25, 0.3) is 16.7 Å². The van der Waals surface area contributed by atoms with Gasteiger partial charge in [-0.05, 0) is 51.0 Å². The second-order valence-corrected chi connectivity index (χ2v) is 8.16. The van der Waals surface area contributed by atoms with Crippen LogP contribution >= 0.6 is 12.2 Å². The quantitative estimate of drug-likeness (QED) is 0.487.